The fourth-order valence-electron chi connectivity index (χ4n) is 5.70. The first-order valence-electron chi connectivity index (χ1n) is 12.2. The van der Waals surface area contributed by atoms with Gasteiger partial charge in [-0.1, -0.05) is 59.8 Å². The number of aliphatic hydroxyl groups is 1. The van der Waals surface area contributed by atoms with E-state index in [1.54, 1.807) is 0 Å². The molecule has 3 heteroatoms. The van der Waals surface area contributed by atoms with E-state index in [1.165, 1.54) is 57.8 Å². The van der Waals surface area contributed by atoms with Gasteiger partial charge in [0.1, 0.15) is 0 Å². The molecule has 0 amide bonds. The predicted molar refractivity (Wildman–Crippen MR) is 124 cm³/mol. The summed E-state index contributed by atoms with van der Waals surface area (Å²) in [6.45, 7) is 18.4. The van der Waals surface area contributed by atoms with Gasteiger partial charge in [-0.25, -0.2) is 0 Å². The second-order valence-electron chi connectivity index (χ2n) is 12.5. The fourth-order valence-corrected chi connectivity index (χ4v) is 7.10. The van der Waals surface area contributed by atoms with Crippen molar-refractivity contribution < 1.29 is 9.53 Å². The molecule has 2 rings (SSSR count). The van der Waals surface area contributed by atoms with E-state index in [2.05, 4.69) is 40.8 Å². The lowest BCUT2D eigenvalue weighted by Crippen LogP contribution is -2.51. The third-order valence-corrected chi connectivity index (χ3v) is 13.1. The van der Waals surface area contributed by atoms with Crippen LogP contribution in [0.1, 0.15) is 112 Å². The Morgan fingerprint density at radius 2 is 1.61 bits per heavy atom. The highest BCUT2D eigenvalue weighted by Gasteiger charge is 2.52. The van der Waals surface area contributed by atoms with Crippen molar-refractivity contribution in [2.75, 3.05) is 0 Å². The van der Waals surface area contributed by atoms with Crippen LogP contribution in [0.15, 0.2) is 0 Å². The second-order valence-corrected chi connectivity index (χ2v) is 17.2. The van der Waals surface area contributed by atoms with Crippen LogP contribution in [-0.4, -0.2) is 25.1 Å². The molecule has 0 heterocycles. The van der Waals surface area contributed by atoms with Gasteiger partial charge in [-0.15, -0.1) is 0 Å². The summed E-state index contributed by atoms with van der Waals surface area (Å²) < 4.78 is 6.98. The molecule has 0 saturated heterocycles. The average molecular weight is 411 g/mol. The lowest BCUT2D eigenvalue weighted by molar-refractivity contribution is -0.0341. The van der Waals surface area contributed by atoms with Crippen molar-refractivity contribution in [3.8, 4) is 0 Å². The van der Waals surface area contributed by atoms with E-state index in [1.807, 2.05) is 13.8 Å². The molecule has 0 unspecified atom stereocenters. The lowest BCUT2D eigenvalue weighted by atomic mass is 9.60. The van der Waals surface area contributed by atoms with Crippen molar-refractivity contribution in [1.29, 1.82) is 0 Å². The maximum Gasteiger partial charge on any atom is 0.192 e. The van der Waals surface area contributed by atoms with Gasteiger partial charge in [0, 0.05) is 6.10 Å². The summed E-state index contributed by atoms with van der Waals surface area (Å²) in [4.78, 5) is 0. The fraction of sp³-hybridized carbons (Fsp3) is 1.00. The summed E-state index contributed by atoms with van der Waals surface area (Å²) in [6.07, 6.45) is 14.8. The quantitative estimate of drug-likeness (QED) is 0.311. The molecule has 2 nitrogen and oxygen atoms in total. The minimum absolute atomic E-state index is 0.308. The van der Waals surface area contributed by atoms with E-state index < -0.39 is 13.9 Å². The van der Waals surface area contributed by atoms with Crippen LogP contribution in [0.4, 0.5) is 0 Å². The predicted octanol–water partition coefficient (Wildman–Crippen LogP) is 7.70. The van der Waals surface area contributed by atoms with Crippen LogP contribution < -0.4 is 0 Å². The molecule has 0 aromatic heterocycles. The largest absolute Gasteiger partial charge is 0.414 e. The number of fused-ring (bicyclic) bond motifs is 1. The van der Waals surface area contributed by atoms with Crippen molar-refractivity contribution in [1.82, 2.24) is 0 Å². The number of hydrogen-bond acceptors (Lipinski definition) is 2. The Hall–Kier alpha value is 0.137. The molecule has 4 atom stereocenters. The van der Waals surface area contributed by atoms with E-state index in [0.29, 0.717) is 16.6 Å². The molecule has 0 aromatic carbocycles. The van der Waals surface area contributed by atoms with Crippen molar-refractivity contribution in [2.45, 2.75) is 142 Å². The van der Waals surface area contributed by atoms with Crippen LogP contribution in [0.3, 0.4) is 0 Å². The summed E-state index contributed by atoms with van der Waals surface area (Å²) in [5.41, 5.74) is 0.0193. The van der Waals surface area contributed by atoms with Gasteiger partial charge in [0.05, 0.1) is 5.60 Å². The summed E-state index contributed by atoms with van der Waals surface area (Å²) in [5, 5.41) is 10.2. The minimum Gasteiger partial charge on any atom is -0.414 e. The average Bonchev–Trinajstić information content (AvgIpc) is 2.93. The maximum atomic E-state index is 9.86. The highest BCUT2D eigenvalue weighted by atomic mass is 28.4. The Bertz CT molecular complexity index is 488. The maximum absolute atomic E-state index is 9.86. The number of rotatable bonds is 9. The Morgan fingerprint density at radius 1 is 0.964 bits per heavy atom. The zero-order chi connectivity index (χ0) is 21.2. The molecule has 166 valence electrons. The molecule has 2 aliphatic rings. The van der Waals surface area contributed by atoms with E-state index in [-0.39, 0.29) is 0 Å². The van der Waals surface area contributed by atoms with Crippen LogP contribution in [0.2, 0.25) is 18.1 Å². The Kier molecular flexibility index (Phi) is 7.93. The SMILES string of the molecule is CC(C)(O)CCCCCC[C@@H]1CC[C@H](O[Si](C)(C)C(C)(C)C)[C@@H]2CCC[C@@]12C. The number of hydrogen-bond donors (Lipinski definition) is 1. The summed E-state index contributed by atoms with van der Waals surface area (Å²) >= 11 is 0. The molecular weight excluding hydrogens is 360 g/mol. The highest BCUT2D eigenvalue weighted by Crippen LogP contribution is 2.58. The first-order valence-corrected chi connectivity index (χ1v) is 15.1. The van der Waals surface area contributed by atoms with Crippen LogP contribution in [-0.2, 0) is 4.43 Å². The smallest absolute Gasteiger partial charge is 0.192 e. The molecule has 0 radical (unpaired) electrons. The van der Waals surface area contributed by atoms with Crippen LogP contribution in [0.25, 0.3) is 0 Å². The molecule has 1 N–H and O–H groups in total. The summed E-state index contributed by atoms with van der Waals surface area (Å²) in [6, 6.07) is 0. The van der Waals surface area contributed by atoms with Crippen molar-refractivity contribution in [2.24, 2.45) is 17.3 Å². The minimum atomic E-state index is -1.68. The molecule has 2 saturated carbocycles. The molecule has 2 fully saturated rings. The zero-order valence-electron chi connectivity index (χ0n) is 20.4. The first kappa shape index (κ1) is 24.4. The van der Waals surface area contributed by atoms with Gasteiger partial charge in [-0.2, -0.15) is 0 Å². The van der Waals surface area contributed by atoms with Gasteiger partial charge in [0.25, 0.3) is 0 Å². The first-order chi connectivity index (χ1) is 12.8. The molecule has 0 spiro atoms. The Labute approximate surface area is 177 Å². The van der Waals surface area contributed by atoms with Gasteiger partial charge in [0.15, 0.2) is 8.32 Å². The van der Waals surface area contributed by atoms with Gasteiger partial charge in [-0.05, 0) is 87.8 Å². The van der Waals surface area contributed by atoms with Gasteiger partial charge in [0.2, 0.25) is 0 Å². The van der Waals surface area contributed by atoms with Gasteiger partial charge < -0.3 is 9.53 Å². The zero-order valence-corrected chi connectivity index (χ0v) is 21.4. The molecule has 2 aliphatic carbocycles. The van der Waals surface area contributed by atoms with E-state index in [4.69, 9.17) is 4.43 Å². The van der Waals surface area contributed by atoms with E-state index in [9.17, 15) is 5.11 Å². The Morgan fingerprint density at radius 3 is 2.21 bits per heavy atom. The lowest BCUT2D eigenvalue weighted by Gasteiger charge is -2.51. The molecule has 0 aliphatic heterocycles. The van der Waals surface area contributed by atoms with Gasteiger partial charge >= 0.3 is 0 Å². The van der Waals surface area contributed by atoms with Crippen LogP contribution in [0.5, 0.6) is 0 Å². The normalized spacial score (nSPS) is 31.8. The monoisotopic (exact) mass is 410 g/mol. The van der Waals surface area contributed by atoms with Crippen molar-refractivity contribution >= 4 is 8.32 Å². The van der Waals surface area contributed by atoms with Crippen LogP contribution >= 0.6 is 0 Å². The van der Waals surface area contributed by atoms with E-state index >= 15 is 0 Å². The van der Waals surface area contributed by atoms with Crippen molar-refractivity contribution in [3.63, 3.8) is 0 Å². The van der Waals surface area contributed by atoms with E-state index in [0.717, 1.165) is 24.7 Å². The second kappa shape index (κ2) is 9.10. The third-order valence-electron chi connectivity index (χ3n) is 8.60. The molecule has 0 bridgehead atoms. The topological polar surface area (TPSA) is 29.5 Å². The third kappa shape index (κ3) is 6.08. The molecular formula is C25H50O2Si. The summed E-state index contributed by atoms with van der Waals surface area (Å²) in [7, 11) is -1.68. The number of unbranched alkanes of at least 4 members (excludes halogenated alkanes) is 3. The van der Waals surface area contributed by atoms with Crippen molar-refractivity contribution in [3.05, 3.63) is 0 Å². The van der Waals surface area contributed by atoms with Gasteiger partial charge in [-0.3, -0.25) is 0 Å². The van der Waals surface area contributed by atoms with Crippen LogP contribution in [0, 0.1) is 17.3 Å². The Balaban J connectivity index is 1.87. The molecule has 0 aromatic rings. The standard InChI is InChI=1S/C25H50O2Si/c1-23(2,3)28(7,8)27-22-17-16-20(25(6)19-13-15-21(22)25)14-11-9-10-12-18-24(4,5)26/h20-22,26H,9-19H2,1-8H3/t20-,21+,22+,25+/m1/s1. The molecule has 28 heavy (non-hydrogen) atoms. The summed E-state index contributed by atoms with van der Waals surface area (Å²) in [5.74, 6) is 1.68. The highest BCUT2D eigenvalue weighted by molar-refractivity contribution is 6.74.